The van der Waals surface area contributed by atoms with Gasteiger partial charge in [0.15, 0.2) is 0 Å². The first kappa shape index (κ1) is 18.4. The number of methoxy groups -OCH3 is 1. The molecule has 1 unspecified atom stereocenters. The Hall–Kier alpha value is -4.00. The van der Waals surface area contributed by atoms with Gasteiger partial charge in [0.05, 0.1) is 18.7 Å². The van der Waals surface area contributed by atoms with Crippen LogP contribution in [0.4, 0.5) is 5.95 Å². The van der Waals surface area contributed by atoms with Crippen LogP contribution in [0.2, 0.25) is 0 Å². The number of nitrogens with zero attached hydrogens (tertiary/aromatic N) is 3. The van der Waals surface area contributed by atoms with E-state index < -0.39 is 17.7 Å². The molecule has 1 saturated heterocycles. The van der Waals surface area contributed by atoms with Crippen molar-refractivity contribution in [1.82, 2.24) is 9.97 Å². The van der Waals surface area contributed by atoms with E-state index in [9.17, 15) is 14.7 Å². The molecule has 2 aromatic carbocycles. The van der Waals surface area contributed by atoms with Gasteiger partial charge in [-0.2, -0.15) is 0 Å². The zero-order valence-corrected chi connectivity index (χ0v) is 15.5. The molecular formula is C22H17N3O4. The first-order valence-electron chi connectivity index (χ1n) is 8.89. The molecule has 1 amide bonds. The van der Waals surface area contributed by atoms with Crippen LogP contribution in [-0.2, 0) is 9.59 Å². The third-order valence-electron chi connectivity index (χ3n) is 4.69. The highest BCUT2D eigenvalue weighted by atomic mass is 16.5. The Morgan fingerprint density at radius 2 is 1.62 bits per heavy atom. The molecule has 1 aromatic heterocycles. The highest BCUT2D eigenvalue weighted by molar-refractivity contribution is 6.51. The van der Waals surface area contributed by atoms with Gasteiger partial charge >= 0.3 is 5.91 Å². The zero-order chi connectivity index (χ0) is 20.4. The normalized spacial score (nSPS) is 18.1. The summed E-state index contributed by atoms with van der Waals surface area (Å²) < 4.78 is 5.13. The number of carbonyl (C=O) groups excluding carboxylic acids is 2. The molecule has 0 radical (unpaired) electrons. The number of aliphatic hydroxyl groups is 1. The van der Waals surface area contributed by atoms with Crippen LogP contribution in [0.25, 0.3) is 5.76 Å². The van der Waals surface area contributed by atoms with Crippen LogP contribution in [0.3, 0.4) is 0 Å². The minimum absolute atomic E-state index is 0.0150. The van der Waals surface area contributed by atoms with E-state index in [-0.39, 0.29) is 17.3 Å². The quantitative estimate of drug-likeness (QED) is 0.420. The predicted molar refractivity (Wildman–Crippen MR) is 106 cm³/mol. The molecule has 7 nitrogen and oxygen atoms in total. The smallest absolute Gasteiger partial charge is 0.302 e. The number of ketones is 1. The molecule has 1 aliphatic rings. The van der Waals surface area contributed by atoms with Crippen molar-refractivity contribution in [3.05, 3.63) is 89.8 Å². The second kappa shape index (κ2) is 7.55. The van der Waals surface area contributed by atoms with Gasteiger partial charge in [0.25, 0.3) is 5.78 Å². The average molecular weight is 387 g/mol. The summed E-state index contributed by atoms with van der Waals surface area (Å²) in [5, 5.41) is 11.0. The summed E-state index contributed by atoms with van der Waals surface area (Å²) in [6.07, 6.45) is 2.99. The number of amides is 1. The molecule has 144 valence electrons. The largest absolute Gasteiger partial charge is 0.507 e. The minimum Gasteiger partial charge on any atom is -0.507 e. The van der Waals surface area contributed by atoms with Gasteiger partial charge in [0, 0.05) is 18.0 Å². The lowest BCUT2D eigenvalue weighted by Crippen LogP contribution is -2.31. The summed E-state index contributed by atoms with van der Waals surface area (Å²) >= 11 is 0. The maximum absolute atomic E-state index is 12.9. The van der Waals surface area contributed by atoms with E-state index in [0.717, 1.165) is 0 Å². The second-order valence-corrected chi connectivity index (χ2v) is 6.36. The standard InChI is InChI=1S/C22H17N3O4/c1-29-16-10-8-15(9-11-16)19(26)17-18(14-6-3-2-4-7-14)25(21(28)20(17)27)22-23-12-5-13-24-22/h2-13,18,26H,1H3. The molecule has 29 heavy (non-hydrogen) atoms. The Balaban J connectivity index is 1.91. The zero-order valence-electron chi connectivity index (χ0n) is 15.5. The van der Waals surface area contributed by atoms with Gasteiger partial charge in [0.2, 0.25) is 5.95 Å². The number of hydrogen-bond donors (Lipinski definition) is 1. The van der Waals surface area contributed by atoms with E-state index in [0.29, 0.717) is 16.9 Å². The molecule has 0 saturated carbocycles. The summed E-state index contributed by atoms with van der Waals surface area (Å²) in [5.74, 6) is -1.14. The average Bonchev–Trinajstić information content (AvgIpc) is 3.05. The number of aromatic nitrogens is 2. The minimum atomic E-state index is -0.847. The summed E-state index contributed by atoms with van der Waals surface area (Å²) in [7, 11) is 1.54. The van der Waals surface area contributed by atoms with Crippen LogP contribution >= 0.6 is 0 Å². The van der Waals surface area contributed by atoms with Crippen molar-refractivity contribution in [1.29, 1.82) is 0 Å². The lowest BCUT2D eigenvalue weighted by Gasteiger charge is -2.23. The Morgan fingerprint density at radius 1 is 0.966 bits per heavy atom. The van der Waals surface area contributed by atoms with Crippen molar-refractivity contribution in [2.24, 2.45) is 0 Å². The van der Waals surface area contributed by atoms with Crippen LogP contribution in [-0.4, -0.2) is 33.9 Å². The first-order valence-corrected chi connectivity index (χ1v) is 8.89. The first-order chi connectivity index (χ1) is 14.1. The number of hydrogen-bond acceptors (Lipinski definition) is 6. The monoisotopic (exact) mass is 387 g/mol. The Kier molecular flexibility index (Phi) is 4.78. The molecule has 0 spiro atoms. The summed E-state index contributed by atoms with van der Waals surface area (Å²) in [6.45, 7) is 0. The van der Waals surface area contributed by atoms with Crippen LogP contribution in [0.15, 0.2) is 78.6 Å². The second-order valence-electron chi connectivity index (χ2n) is 6.36. The Labute approximate surface area is 166 Å². The topological polar surface area (TPSA) is 92.6 Å². The highest BCUT2D eigenvalue weighted by Gasteiger charge is 2.48. The maximum Gasteiger partial charge on any atom is 0.302 e. The molecule has 1 atom stereocenters. The number of anilines is 1. The third-order valence-corrected chi connectivity index (χ3v) is 4.69. The van der Waals surface area contributed by atoms with E-state index in [2.05, 4.69) is 9.97 Å². The van der Waals surface area contributed by atoms with Crippen LogP contribution < -0.4 is 9.64 Å². The molecule has 1 fully saturated rings. The third kappa shape index (κ3) is 3.23. The van der Waals surface area contributed by atoms with Crippen LogP contribution in [0.5, 0.6) is 5.75 Å². The number of Topliss-reactive ketones (excluding diaryl/α,β-unsaturated/α-hetero) is 1. The van der Waals surface area contributed by atoms with Crippen molar-refractivity contribution < 1.29 is 19.4 Å². The Morgan fingerprint density at radius 3 is 2.24 bits per heavy atom. The maximum atomic E-state index is 12.9. The number of rotatable bonds is 4. The van der Waals surface area contributed by atoms with Crippen LogP contribution in [0.1, 0.15) is 17.2 Å². The van der Waals surface area contributed by atoms with Gasteiger partial charge in [-0.25, -0.2) is 9.97 Å². The summed E-state index contributed by atoms with van der Waals surface area (Å²) in [6, 6.07) is 16.4. The van der Waals surface area contributed by atoms with E-state index >= 15 is 0 Å². The summed E-state index contributed by atoms with van der Waals surface area (Å²) in [4.78, 5) is 35.3. The molecule has 0 aliphatic carbocycles. The molecule has 0 bridgehead atoms. The lowest BCUT2D eigenvalue weighted by atomic mass is 9.95. The van der Waals surface area contributed by atoms with Gasteiger partial charge in [0.1, 0.15) is 11.5 Å². The Bertz CT molecular complexity index is 1080. The molecule has 1 aliphatic heterocycles. The van der Waals surface area contributed by atoms with Crippen molar-refractivity contribution in [3.8, 4) is 5.75 Å². The van der Waals surface area contributed by atoms with E-state index in [1.54, 1.807) is 54.6 Å². The van der Waals surface area contributed by atoms with Gasteiger partial charge in [-0.05, 0) is 35.9 Å². The fraction of sp³-hybridized carbons (Fsp3) is 0.0909. The van der Waals surface area contributed by atoms with Crippen molar-refractivity contribution in [3.63, 3.8) is 0 Å². The fourth-order valence-corrected chi connectivity index (χ4v) is 3.31. The van der Waals surface area contributed by atoms with Gasteiger partial charge in [-0.15, -0.1) is 0 Å². The van der Waals surface area contributed by atoms with Crippen molar-refractivity contribution in [2.45, 2.75) is 6.04 Å². The van der Waals surface area contributed by atoms with E-state index in [4.69, 9.17) is 4.74 Å². The molecule has 2 heterocycles. The molecular weight excluding hydrogens is 370 g/mol. The predicted octanol–water partition coefficient (Wildman–Crippen LogP) is 3.11. The molecule has 4 rings (SSSR count). The number of aliphatic hydroxyl groups excluding tert-OH is 1. The van der Waals surface area contributed by atoms with Crippen molar-refractivity contribution >= 4 is 23.4 Å². The number of benzene rings is 2. The highest BCUT2D eigenvalue weighted by Crippen LogP contribution is 2.40. The number of carbonyl (C=O) groups is 2. The lowest BCUT2D eigenvalue weighted by molar-refractivity contribution is -0.132. The van der Waals surface area contributed by atoms with Crippen molar-refractivity contribution in [2.75, 3.05) is 12.0 Å². The summed E-state index contributed by atoms with van der Waals surface area (Å²) in [5.41, 5.74) is 1.05. The number of ether oxygens (including phenoxy) is 1. The van der Waals surface area contributed by atoms with Crippen LogP contribution in [0, 0.1) is 0 Å². The van der Waals surface area contributed by atoms with E-state index in [1.165, 1.54) is 24.4 Å². The molecule has 3 aromatic rings. The van der Waals surface area contributed by atoms with Gasteiger partial charge < -0.3 is 9.84 Å². The molecule has 7 heteroatoms. The SMILES string of the molecule is COc1ccc(C(O)=C2C(=O)C(=O)N(c3ncccn3)C2c2ccccc2)cc1. The molecule has 1 N–H and O–H groups in total. The fourth-order valence-electron chi connectivity index (χ4n) is 3.31. The van der Waals surface area contributed by atoms with Gasteiger partial charge in [-0.1, -0.05) is 30.3 Å². The van der Waals surface area contributed by atoms with Gasteiger partial charge in [-0.3, -0.25) is 14.5 Å². The van der Waals surface area contributed by atoms with E-state index in [1.807, 2.05) is 6.07 Å².